The van der Waals surface area contributed by atoms with E-state index < -0.39 is 6.43 Å². The van der Waals surface area contributed by atoms with Gasteiger partial charge in [0.1, 0.15) is 17.4 Å². The number of methoxy groups -OCH3 is 1. The highest BCUT2D eigenvalue weighted by molar-refractivity contribution is 5.90. The first kappa shape index (κ1) is 16.1. The third kappa shape index (κ3) is 3.42. The molecule has 0 bridgehead atoms. The van der Waals surface area contributed by atoms with E-state index in [1.807, 2.05) is 25.1 Å². The van der Waals surface area contributed by atoms with Crippen molar-refractivity contribution in [3.63, 3.8) is 0 Å². The molecule has 24 heavy (non-hydrogen) atoms. The number of hydrogen-bond donors (Lipinski definition) is 1. The quantitative estimate of drug-likeness (QED) is 0.749. The highest BCUT2D eigenvalue weighted by atomic mass is 19.3. The van der Waals surface area contributed by atoms with E-state index in [0.29, 0.717) is 18.2 Å². The fraction of sp³-hybridized carbons (Fsp3) is 0.222. The lowest BCUT2D eigenvalue weighted by Crippen LogP contribution is -2.04. The Morgan fingerprint density at radius 3 is 2.50 bits per heavy atom. The van der Waals surface area contributed by atoms with E-state index in [-0.39, 0.29) is 5.56 Å². The van der Waals surface area contributed by atoms with Crippen molar-refractivity contribution in [2.45, 2.75) is 19.9 Å². The van der Waals surface area contributed by atoms with Crippen LogP contribution in [0.2, 0.25) is 0 Å². The molecular weight excluding hydrogens is 312 g/mol. The molecule has 0 aliphatic heterocycles. The first-order chi connectivity index (χ1) is 11.6. The SMILES string of the molecule is COc1ccc2nc(C)nc(NCc3ccc(C(F)F)cc3)c2c1. The van der Waals surface area contributed by atoms with E-state index in [2.05, 4.69) is 15.3 Å². The monoisotopic (exact) mass is 329 g/mol. The van der Waals surface area contributed by atoms with E-state index in [1.165, 1.54) is 12.1 Å². The number of benzene rings is 2. The average Bonchev–Trinajstić information content (AvgIpc) is 2.59. The number of rotatable bonds is 5. The number of nitrogens with one attached hydrogen (secondary N) is 1. The minimum Gasteiger partial charge on any atom is -0.497 e. The van der Waals surface area contributed by atoms with Crippen LogP contribution in [0, 0.1) is 6.92 Å². The lowest BCUT2D eigenvalue weighted by atomic mass is 10.1. The fourth-order valence-corrected chi connectivity index (χ4v) is 2.45. The Morgan fingerprint density at radius 1 is 1.08 bits per heavy atom. The number of anilines is 1. The van der Waals surface area contributed by atoms with E-state index >= 15 is 0 Å². The molecule has 0 saturated heterocycles. The van der Waals surface area contributed by atoms with Gasteiger partial charge >= 0.3 is 0 Å². The van der Waals surface area contributed by atoms with E-state index in [1.54, 1.807) is 19.2 Å². The minimum atomic E-state index is -2.45. The summed E-state index contributed by atoms with van der Waals surface area (Å²) in [7, 11) is 1.61. The molecule has 4 nitrogen and oxygen atoms in total. The molecule has 0 saturated carbocycles. The van der Waals surface area contributed by atoms with Crippen molar-refractivity contribution in [2.75, 3.05) is 12.4 Å². The first-order valence-corrected chi connectivity index (χ1v) is 7.50. The zero-order valence-corrected chi connectivity index (χ0v) is 13.4. The van der Waals surface area contributed by atoms with Gasteiger partial charge in [0.15, 0.2) is 0 Å². The van der Waals surface area contributed by atoms with Crippen molar-refractivity contribution in [1.29, 1.82) is 0 Å². The molecule has 0 atom stereocenters. The number of alkyl halides is 2. The molecule has 0 spiro atoms. The Balaban J connectivity index is 1.86. The van der Waals surface area contributed by atoms with Gasteiger partial charge in [-0.2, -0.15) is 0 Å². The maximum Gasteiger partial charge on any atom is 0.263 e. The second-order valence-electron chi connectivity index (χ2n) is 5.40. The molecule has 124 valence electrons. The standard InChI is InChI=1S/C18H17F2N3O/c1-11-22-16-8-7-14(24-2)9-15(16)18(23-11)21-10-12-3-5-13(6-4-12)17(19)20/h3-9,17H,10H2,1-2H3,(H,21,22,23). The van der Waals surface area contributed by atoms with Gasteiger partial charge in [0.2, 0.25) is 0 Å². The number of ether oxygens (including phenoxy) is 1. The normalized spacial score (nSPS) is 11.0. The van der Waals surface area contributed by atoms with E-state index in [0.717, 1.165) is 22.2 Å². The van der Waals surface area contributed by atoms with Gasteiger partial charge in [0, 0.05) is 17.5 Å². The van der Waals surface area contributed by atoms with Gasteiger partial charge in [-0.15, -0.1) is 0 Å². The zero-order valence-electron chi connectivity index (χ0n) is 13.4. The van der Waals surface area contributed by atoms with Crippen molar-refractivity contribution in [3.8, 4) is 5.75 Å². The van der Waals surface area contributed by atoms with Crippen LogP contribution in [0.3, 0.4) is 0 Å². The summed E-state index contributed by atoms with van der Waals surface area (Å²) in [5.74, 6) is 2.07. The topological polar surface area (TPSA) is 47.0 Å². The van der Waals surface area contributed by atoms with Gasteiger partial charge in [-0.3, -0.25) is 0 Å². The molecule has 0 aliphatic carbocycles. The number of aryl methyl sites for hydroxylation is 1. The Hall–Kier alpha value is -2.76. The van der Waals surface area contributed by atoms with Crippen molar-refractivity contribution in [3.05, 3.63) is 59.4 Å². The van der Waals surface area contributed by atoms with Crippen LogP contribution in [0.4, 0.5) is 14.6 Å². The second kappa shape index (κ2) is 6.78. The van der Waals surface area contributed by atoms with E-state index in [4.69, 9.17) is 4.74 Å². The smallest absolute Gasteiger partial charge is 0.263 e. The number of halogens is 2. The predicted octanol–water partition coefficient (Wildman–Crippen LogP) is 4.50. The molecule has 1 aromatic heterocycles. The van der Waals surface area contributed by atoms with Crippen molar-refractivity contribution in [2.24, 2.45) is 0 Å². The van der Waals surface area contributed by atoms with Gasteiger partial charge < -0.3 is 10.1 Å². The van der Waals surface area contributed by atoms with Crippen LogP contribution in [0.15, 0.2) is 42.5 Å². The Bertz CT molecular complexity index is 851. The lowest BCUT2D eigenvalue weighted by Gasteiger charge is -2.11. The molecule has 0 aliphatic rings. The van der Waals surface area contributed by atoms with Gasteiger partial charge in [0.05, 0.1) is 12.6 Å². The Labute approximate surface area is 138 Å². The van der Waals surface area contributed by atoms with Crippen LogP contribution in [-0.4, -0.2) is 17.1 Å². The van der Waals surface area contributed by atoms with Gasteiger partial charge in [-0.25, -0.2) is 18.7 Å². The summed E-state index contributed by atoms with van der Waals surface area (Å²) in [6.45, 7) is 2.30. The van der Waals surface area contributed by atoms with Crippen molar-refractivity contribution in [1.82, 2.24) is 9.97 Å². The molecule has 1 heterocycles. The number of nitrogens with zero attached hydrogens (tertiary/aromatic N) is 2. The molecule has 6 heteroatoms. The van der Waals surface area contributed by atoms with Crippen LogP contribution in [0.1, 0.15) is 23.4 Å². The average molecular weight is 329 g/mol. The largest absolute Gasteiger partial charge is 0.497 e. The van der Waals surface area contributed by atoms with Gasteiger partial charge in [-0.05, 0) is 30.7 Å². The third-order valence-electron chi connectivity index (χ3n) is 3.71. The number of hydrogen-bond acceptors (Lipinski definition) is 4. The summed E-state index contributed by atoms with van der Waals surface area (Å²) in [5, 5.41) is 4.10. The minimum absolute atomic E-state index is 0.0202. The van der Waals surface area contributed by atoms with Gasteiger partial charge in [0.25, 0.3) is 6.43 Å². The summed E-state index contributed by atoms with van der Waals surface area (Å²) in [6.07, 6.45) is -2.45. The zero-order chi connectivity index (χ0) is 17.1. The highest BCUT2D eigenvalue weighted by Gasteiger charge is 2.09. The van der Waals surface area contributed by atoms with Crippen LogP contribution >= 0.6 is 0 Å². The summed E-state index contributed by atoms with van der Waals surface area (Å²) in [5.41, 5.74) is 1.73. The van der Waals surface area contributed by atoms with Gasteiger partial charge in [-0.1, -0.05) is 24.3 Å². The second-order valence-corrected chi connectivity index (χ2v) is 5.40. The number of aromatic nitrogens is 2. The summed E-state index contributed by atoms with van der Waals surface area (Å²) < 4.78 is 30.4. The third-order valence-corrected chi connectivity index (χ3v) is 3.71. The lowest BCUT2D eigenvalue weighted by molar-refractivity contribution is 0.151. The van der Waals surface area contributed by atoms with Crippen molar-refractivity contribution >= 4 is 16.7 Å². The molecule has 2 aromatic carbocycles. The maximum absolute atomic E-state index is 12.6. The van der Waals surface area contributed by atoms with Crippen LogP contribution in [0.5, 0.6) is 5.75 Å². The first-order valence-electron chi connectivity index (χ1n) is 7.50. The molecule has 1 N–H and O–H groups in total. The molecular formula is C18H17F2N3O. The van der Waals surface area contributed by atoms with Crippen LogP contribution < -0.4 is 10.1 Å². The predicted molar refractivity (Wildman–Crippen MR) is 89.6 cm³/mol. The Kier molecular flexibility index (Phi) is 4.55. The van der Waals surface area contributed by atoms with Crippen LogP contribution in [0.25, 0.3) is 10.9 Å². The van der Waals surface area contributed by atoms with Crippen LogP contribution in [-0.2, 0) is 6.54 Å². The molecule has 0 amide bonds. The molecule has 0 fully saturated rings. The summed E-state index contributed by atoms with van der Waals surface area (Å²) >= 11 is 0. The van der Waals surface area contributed by atoms with E-state index in [9.17, 15) is 8.78 Å². The molecule has 0 radical (unpaired) electrons. The molecule has 3 rings (SSSR count). The highest BCUT2D eigenvalue weighted by Crippen LogP contribution is 2.26. The van der Waals surface area contributed by atoms with Crippen molar-refractivity contribution < 1.29 is 13.5 Å². The summed E-state index contributed by atoms with van der Waals surface area (Å²) in [6, 6.07) is 11.8. The number of fused-ring (bicyclic) bond motifs is 1. The summed E-state index contributed by atoms with van der Waals surface area (Å²) in [4.78, 5) is 8.85. The molecule has 0 unspecified atom stereocenters. The Morgan fingerprint density at radius 2 is 1.83 bits per heavy atom. The fourth-order valence-electron chi connectivity index (χ4n) is 2.45. The maximum atomic E-state index is 12.6. The molecule has 3 aromatic rings.